The van der Waals surface area contributed by atoms with Gasteiger partial charge < -0.3 is 10.1 Å². The van der Waals surface area contributed by atoms with E-state index in [1.165, 1.54) is 32.1 Å². The molecule has 5 rings (SSSR count). The summed E-state index contributed by atoms with van der Waals surface area (Å²) in [5.41, 5.74) is 0.598. The Balaban J connectivity index is 1.31. The van der Waals surface area contributed by atoms with Gasteiger partial charge in [0.25, 0.3) is 5.91 Å². The largest absolute Gasteiger partial charge is 0.491 e. The van der Waals surface area contributed by atoms with Crippen LogP contribution in [0.4, 0.5) is 0 Å². The second-order valence-corrected chi connectivity index (χ2v) is 9.15. The van der Waals surface area contributed by atoms with Crippen LogP contribution in [0, 0.1) is 23.7 Å². The lowest BCUT2D eigenvalue weighted by molar-refractivity contribution is -0.00692. The van der Waals surface area contributed by atoms with Crippen LogP contribution in [0.2, 0.25) is 0 Å². The highest BCUT2D eigenvalue weighted by Gasteiger charge is 2.48. The van der Waals surface area contributed by atoms with Crippen LogP contribution in [-0.2, 0) is 0 Å². The van der Waals surface area contributed by atoms with Crippen molar-refractivity contribution in [3.63, 3.8) is 0 Å². The fourth-order valence-electron chi connectivity index (χ4n) is 5.52. The second kappa shape index (κ2) is 7.78. The van der Waals surface area contributed by atoms with Crippen molar-refractivity contribution in [1.82, 2.24) is 10.6 Å². The molecule has 1 aromatic rings. The molecule has 27 heavy (non-hydrogen) atoms. The highest BCUT2D eigenvalue weighted by atomic mass is 32.1. The van der Waals surface area contributed by atoms with Crippen LogP contribution < -0.4 is 15.4 Å². The normalized spacial score (nSPS) is 32.0. The maximum Gasteiger partial charge on any atom is 0.257 e. The molecule has 1 atom stereocenters. The van der Waals surface area contributed by atoms with Crippen molar-refractivity contribution in [2.75, 3.05) is 0 Å². The number of thiocarbonyl (C=S) groups is 1. The van der Waals surface area contributed by atoms with Crippen LogP contribution in [0.15, 0.2) is 24.3 Å². The van der Waals surface area contributed by atoms with E-state index >= 15 is 0 Å². The summed E-state index contributed by atoms with van der Waals surface area (Å²) in [7, 11) is 0. The Labute approximate surface area is 167 Å². The Kier molecular flexibility index (Phi) is 5.40. The fraction of sp³-hybridized carbons (Fsp3) is 0.636. The standard InChI is InChI=1S/C22H30N2O2S/c1-3-13(2)26-19-6-4-16(5-7-19)21(25)24-22(27)23-20-17-9-14-8-15(11-17)12-18(20)10-14/h4-7,13-15,17-18,20H,3,8-12H2,1-2H3,(H2,23,24,25,27)/t13-,14?,15?,17?,18?,20?/m0/s1. The van der Waals surface area contributed by atoms with Gasteiger partial charge in [-0.15, -0.1) is 0 Å². The zero-order valence-corrected chi connectivity index (χ0v) is 17.1. The Morgan fingerprint density at radius 3 is 2.26 bits per heavy atom. The van der Waals surface area contributed by atoms with E-state index in [0.717, 1.165) is 35.8 Å². The highest BCUT2D eigenvalue weighted by Crippen LogP contribution is 2.53. The van der Waals surface area contributed by atoms with Gasteiger partial charge in [-0.2, -0.15) is 0 Å². The lowest BCUT2D eigenvalue weighted by Crippen LogP contribution is -2.57. The summed E-state index contributed by atoms with van der Waals surface area (Å²) in [5, 5.41) is 6.82. The Hall–Kier alpha value is -1.62. The molecule has 4 bridgehead atoms. The van der Waals surface area contributed by atoms with E-state index in [4.69, 9.17) is 17.0 Å². The van der Waals surface area contributed by atoms with Gasteiger partial charge in [0, 0.05) is 11.6 Å². The van der Waals surface area contributed by atoms with Gasteiger partial charge in [0.1, 0.15) is 5.75 Å². The van der Waals surface area contributed by atoms with Gasteiger partial charge in [-0.05, 0) is 106 Å². The molecule has 0 aromatic heterocycles. The molecule has 1 amide bonds. The van der Waals surface area contributed by atoms with Crippen molar-refractivity contribution in [2.45, 2.75) is 64.5 Å². The van der Waals surface area contributed by atoms with Gasteiger partial charge >= 0.3 is 0 Å². The van der Waals surface area contributed by atoms with Crippen molar-refractivity contribution in [2.24, 2.45) is 23.7 Å². The van der Waals surface area contributed by atoms with Crippen LogP contribution in [0.5, 0.6) is 5.75 Å². The van der Waals surface area contributed by atoms with Crippen molar-refractivity contribution in [3.05, 3.63) is 29.8 Å². The number of carbonyl (C=O) groups excluding carboxylic acids is 1. The first-order valence-corrected chi connectivity index (χ1v) is 10.8. The third-order valence-corrected chi connectivity index (χ3v) is 7.00. The monoisotopic (exact) mass is 386 g/mol. The summed E-state index contributed by atoms with van der Waals surface area (Å²) in [6.45, 7) is 4.12. The highest BCUT2D eigenvalue weighted by molar-refractivity contribution is 7.80. The van der Waals surface area contributed by atoms with Crippen LogP contribution in [0.3, 0.4) is 0 Å². The molecule has 4 saturated carbocycles. The molecule has 5 heteroatoms. The molecule has 2 N–H and O–H groups in total. The van der Waals surface area contributed by atoms with Gasteiger partial charge in [0.05, 0.1) is 6.10 Å². The second-order valence-electron chi connectivity index (χ2n) is 8.75. The van der Waals surface area contributed by atoms with Crippen LogP contribution in [0.1, 0.15) is 62.7 Å². The Morgan fingerprint density at radius 1 is 1.11 bits per heavy atom. The van der Waals surface area contributed by atoms with Crippen LogP contribution >= 0.6 is 12.2 Å². The number of hydrogen-bond acceptors (Lipinski definition) is 3. The zero-order chi connectivity index (χ0) is 19.0. The molecule has 0 spiro atoms. The molecular weight excluding hydrogens is 356 g/mol. The predicted molar refractivity (Wildman–Crippen MR) is 111 cm³/mol. The minimum Gasteiger partial charge on any atom is -0.491 e. The molecule has 0 unspecified atom stereocenters. The first-order valence-electron chi connectivity index (χ1n) is 10.4. The van der Waals surface area contributed by atoms with E-state index in [2.05, 4.69) is 17.6 Å². The van der Waals surface area contributed by atoms with Gasteiger partial charge in [0.2, 0.25) is 0 Å². The van der Waals surface area contributed by atoms with Gasteiger partial charge in [-0.3, -0.25) is 10.1 Å². The van der Waals surface area contributed by atoms with Gasteiger partial charge in [-0.25, -0.2) is 0 Å². The van der Waals surface area contributed by atoms with Crippen molar-refractivity contribution < 1.29 is 9.53 Å². The minimum absolute atomic E-state index is 0.161. The Morgan fingerprint density at radius 2 is 1.70 bits per heavy atom. The maximum atomic E-state index is 12.5. The van der Waals surface area contributed by atoms with E-state index in [-0.39, 0.29) is 12.0 Å². The minimum atomic E-state index is -0.161. The average molecular weight is 387 g/mol. The molecular formula is C22H30N2O2S. The summed E-state index contributed by atoms with van der Waals surface area (Å²) >= 11 is 5.46. The molecule has 4 aliphatic rings. The van der Waals surface area contributed by atoms with Crippen molar-refractivity contribution in [1.29, 1.82) is 0 Å². The first-order chi connectivity index (χ1) is 13.0. The topological polar surface area (TPSA) is 50.4 Å². The van der Waals surface area contributed by atoms with E-state index in [9.17, 15) is 4.79 Å². The third kappa shape index (κ3) is 4.13. The lowest BCUT2D eigenvalue weighted by Gasteiger charge is -2.54. The number of amides is 1. The molecule has 1 aromatic carbocycles. The summed E-state index contributed by atoms with van der Waals surface area (Å²) in [6.07, 6.45) is 7.89. The van der Waals surface area contributed by atoms with Crippen molar-refractivity contribution in [3.8, 4) is 5.75 Å². The molecule has 4 fully saturated rings. The lowest BCUT2D eigenvalue weighted by atomic mass is 9.54. The van der Waals surface area contributed by atoms with Crippen LogP contribution in [0.25, 0.3) is 0 Å². The molecule has 0 heterocycles. The zero-order valence-electron chi connectivity index (χ0n) is 16.2. The van der Waals surface area contributed by atoms with E-state index in [1.54, 1.807) is 12.1 Å². The number of rotatable bonds is 5. The number of nitrogens with one attached hydrogen (secondary N) is 2. The molecule has 0 aliphatic heterocycles. The predicted octanol–water partition coefficient (Wildman–Crippen LogP) is 4.29. The smallest absolute Gasteiger partial charge is 0.257 e. The number of benzene rings is 1. The summed E-state index contributed by atoms with van der Waals surface area (Å²) in [5.74, 6) is 3.96. The van der Waals surface area contributed by atoms with Crippen molar-refractivity contribution >= 4 is 23.2 Å². The number of ether oxygens (including phenoxy) is 1. The van der Waals surface area contributed by atoms with Gasteiger partial charge in [-0.1, -0.05) is 6.92 Å². The molecule has 0 saturated heterocycles. The first kappa shape index (κ1) is 18.7. The molecule has 146 valence electrons. The SMILES string of the molecule is CC[C@H](C)Oc1ccc(C(=O)NC(=S)NC2C3CC4CC(C3)CC2C4)cc1. The molecule has 4 nitrogen and oxygen atoms in total. The van der Waals surface area contributed by atoms with E-state index in [0.29, 0.717) is 16.7 Å². The number of carbonyl (C=O) groups is 1. The van der Waals surface area contributed by atoms with Gasteiger partial charge in [0.15, 0.2) is 5.11 Å². The third-order valence-electron chi connectivity index (χ3n) is 6.78. The summed E-state index contributed by atoms with van der Waals surface area (Å²) in [6, 6.07) is 7.71. The van der Waals surface area contributed by atoms with Crippen LogP contribution in [-0.4, -0.2) is 23.2 Å². The fourth-order valence-corrected chi connectivity index (χ4v) is 5.75. The molecule has 0 radical (unpaired) electrons. The summed E-state index contributed by atoms with van der Waals surface area (Å²) in [4.78, 5) is 12.5. The van der Waals surface area contributed by atoms with E-state index in [1.807, 2.05) is 19.1 Å². The summed E-state index contributed by atoms with van der Waals surface area (Å²) < 4.78 is 5.76. The Bertz CT molecular complexity index is 675. The quantitative estimate of drug-likeness (QED) is 0.741. The maximum absolute atomic E-state index is 12.5. The molecule has 4 aliphatic carbocycles. The average Bonchev–Trinajstić information content (AvgIpc) is 2.64. The number of hydrogen-bond donors (Lipinski definition) is 2. The van der Waals surface area contributed by atoms with E-state index < -0.39 is 0 Å².